The fourth-order valence-electron chi connectivity index (χ4n) is 2.47. The quantitative estimate of drug-likeness (QED) is 0.800. The van der Waals surface area contributed by atoms with E-state index in [0.29, 0.717) is 5.92 Å². The number of amides is 1. The second-order valence-electron chi connectivity index (χ2n) is 6.95. The molecule has 0 aliphatic carbocycles. The average molecular weight is 269 g/mol. The van der Waals surface area contributed by atoms with Gasteiger partial charge in [-0.15, -0.1) is 0 Å². The molecule has 0 radical (unpaired) electrons. The molecule has 19 heavy (non-hydrogen) atoms. The molecule has 112 valence electrons. The van der Waals surface area contributed by atoms with Gasteiger partial charge in [-0.25, -0.2) is 0 Å². The molecule has 1 aliphatic rings. The van der Waals surface area contributed by atoms with E-state index in [0.717, 1.165) is 19.4 Å². The zero-order valence-corrected chi connectivity index (χ0v) is 13.7. The predicted molar refractivity (Wildman–Crippen MR) is 79.9 cm³/mol. The molecule has 0 spiro atoms. The van der Waals surface area contributed by atoms with Crippen LogP contribution < -0.4 is 5.32 Å². The minimum atomic E-state index is -0.00250. The van der Waals surface area contributed by atoms with E-state index in [-0.39, 0.29) is 23.7 Å². The molecule has 0 saturated carbocycles. The maximum absolute atomic E-state index is 12.6. The topological polar surface area (TPSA) is 35.6 Å². The number of rotatable bonds is 6. The molecule has 1 aliphatic heterocycles. The van der Waals surface area contributed by atoms with Crippen molar-refractivity contribution in [1.82, 2.24) is 15.1 Å². The summed E-state index contributed by atoms with van der Waals surface area (Å²) in [7, 11) is 4.14. The molecular weight excluding hydrogens is 238 g/mol. The molecule has 2 unspecified atom stereocenters. The van der Waals surface area contributed by atoms with Gasteiger partial charge < -0.3 is 9.80 Å². The van der Waals surface area contributed by atoms with Crippen molar-refractivity contribution in [3.8, 4) is 0 Å². The minimum Gasteiger partial charge on any atom is -0.324 e. The van der Waals surface area contributed by atoms with Crippen molar-refractivity contribution in [2.45, 2.75) is 65.2 Å². The molecule has 1 heterocycles. The summed E-state index contributed by atoms with van der Waals surface area (Å²) in [6, 6.07) is 0.00270. The van der Waals surface area contributed by atoms with E-state index in [1.165, 1.54) is 0 Å². The first-order chi connectivity index (χ1) is 8.69. The number of nitrogens with one attached hydrogen (secondary N) is 1. The highest BCUT2D eigenvalue weighted by atomic mass is 16.2. The van der Waals surface area contributed by atoms with Crippen molar-refractivity contribution >= 4 is 5.91 Å². The summed E-state index contributed by atoms with van der Waals surface area (Å²) in [5, 5.41) is 3.49. The lowest BCUT2D eigenvalue weighted by molar-refractivity contribution is -0.131. The number of hydrogen-bond donors (Lipinski definition) is 1. The van der Waals surface area contributed by atoms with Crippen LogP contribution in [0.15, 0.2) is 0 Å². The van der Waals surface area contributed by atoms with Gasteiger partial charge in [-0.2, -0.15) is 0 Å². The average Bonchev–Trinajstić information content (AvgIpc) is 2.56. The first kappa shape index (κ1) is 16.4. The van der Waals surface area contributed by atoms with E-state index in [9.17, 15) is 4.79 Å². The van der Waals surface area contributed by atoms with Gasteiger partial charge in [-0.3, -0.25) is 10.1 Å². The third-order valence-corrected chi connectivity index (χ3v) is 4.21. The molecule has 4 nitrogen and oxygen atoms in total. The Morgan fingerprint density at radius 2 is 1.95 bits per heavy atom. The van der Waals surface area contributed by atoms with Crippen molar-refractivity contribution in [3.05, 3.63) is 0 Å². The van der Waals surface area contributed by atoms with E-state index in [1.54, 1.807) is 0 Å². The molecule has 1 fully saturated rings. The molecule has 1 rings (SSSR count). The highest BCUT2D eigenvalue weighted by Crippen LogP contribution is 2.22. The summed E-state index contributed by atoms with van der Waals surface area (Å²) >= 11 is 0. The monoisotopic (exact) mass is 269 g/mol. The Hall–Kier alpha value is -0.610. The normalized spacial score (nSPS) is 24.9. The summed E-state index contributed by atoms with van der Waals surface area (Å²) in [5.41, 5.74) is -0.00250. The van der Waals surface area contributed by atoms with E-state index in [4.69, 9.17) is 0 Å². The largest absolute Gasteiger partial charge is 0.324 e. The van der Waals surface area contributed by atoms with Gasteiger partial charge in [-0.1, -0.05) is 20.8 Å². The third kappa shape index (κ3) is 3.93. The zero-order valence-electron chi connectivity index (χ0n) is 13.7. The molecule has 1 N–H and O–H groups in total. The first-order valence-corrected chi connectivity index (χ1v) is 7.43. The molecule has 4 heteroatoms. The van der Waals surface area contributed by atoms with Gasteiger partial charge in [-0.05, 0) is 46.7 Å². The summed E-state index contributed by atoms with van der Waals surface area (Å²) in [6.07, 6.45) is 2.08. The maximum atomic E-state index is 12.6. The molecule has 2 atom stereocenters. The van der Waals surface area contributed by atoms with Crippen LogP contribution in [0.2, 0.25) is 0 Å². The van der Waals surface area contributed by atoms with Crippen molar-refractivity contribution in [1.29, 1.82) is 0 Å². The number of hydrogen-bond acceptors (Lipinski definition) is 3. The van der Waals surface area contributed by atoms with Gasteiger partial charge in [0, 0.05) is 12.1 Å². The Balaban J connectivity index is 2.78. The van der Waals surface area contributed by atoms with Crippen molar-refractivity contribution < 1.29 is 4.79 Å². The molecule has 1 amide bonds. The Morgan fingerprint density at radius 1 is 1.37 bits per heavy atom. The smallest absolute Gasteiger partial charge is 0.241 e. The number of carbonyl (C=O) groups is 1. The van der Waals surface area contributed by atoms with Crippen LogP contribution in [0, 0.1) is 5.92 Å². The van der Waals surface area contributed by atoms with E-state index in [1.807, 2.05) is 4.90 Å². The van der Waals surface area contributed by atoms with E-state index >= 15 is 0 Å². The summed E-state index contributed by atoms with van der Waals surface area (Å²) < 4.78 is 0. The molecule has 0 aromatic heterocycles. The Kier molecular flexibility index (Phi) is 5.39. The van der Waals surface area contributed by atoms with Crippen LogP contribution >= 0.6 is 0 Å². The maximum Gasteiger partial charge on any atom is 0.241 e. The van der Waals surface area contributed by atoms with Crippen LogP contribution in [0.4, 0.5) is 0 Å². The lowest BCUT2D eigenvalue weighted by atomic mass is 10.0. The first-order valence-electron chi connectivity index (χ1n) is 7.43. The molecule has 0 aromatic carbocycles. The summed E-state index contributed by atoms with van der Waals surface area (Å²) in [6.45, 7) is 11.6. The Morgan fingerprint density at radius 3 is 2.37 bits per heavy atom. The van der Waals surface area contributed by atoms with Crippen molar-refractivity contribution in [2.24, 2.45) is 5.92 Å². The van der Waals surface area contributed by atoms with Gasteiger partial charge in [0.05, 0.1) is 12.2 Å². The van der Waals surface area contributed by atoms with E-state index < -0.39 is 0 Å². The van der Waals surface area contributed by atoms with Crippen LogP contribution in [0.5, 0.6) is 0 Å². The van der Waals surface area contributed by atoms with Gasteiger partial charge in [0.25, 0.3) is 0 Å². The molecular formula is C15H31N3O. The Labute approximate surface area is 118 Å². The SMILES string of the molecule is CCC1NC(CC(C)C)C(=O)N1CC(C)(C)N(C)C. The zero-order chi connectivity index (χ0) is 14.8. The molecule has 1 saturated heterocycles. The second-order valence-corrected chi connectivity index (χ2v) is 6.95. The van der Waals surface area contributed by atoms with Crippen LogP contribution in [0.25, 0.3) is 0 Å². The van der Waals surface area contributed by atoms with Crippen molar-refractivity contribution in [2.75, 3.05) is 20.6 Å². The van der Waals surface area contributed by atoms with Crippen LogP contribution in [-0.4, -0.2) is 54.1 Å². The van der Waals surface area contributed by atoms with E-state index in [2.05, 4.69) is 58.9 Å². The fourth-order valence-corrected chi connectivity index (χ4v) is 2.47. The second kappa shape index (κ2) is 6.23. The van der Waals surface area contributed by atoms with Crippen LogP contribution in [0.1, 0.15) is 47.5 Å². The van der Waals surface area contributed by atoms with Gasteiger partial charge in [0.15, 0.2) is 0 Å². The van der Waals surface area contributed by atoms with Crippen molar-refractivity contribution in [3.63, 3.8) is 0 Å². The third-order valence-electron chi connectivity index (χ3n) is 4.21. The minimum absolute atomic E-state index is 0.00250. The van der Waals surface area contributed by atoms with Crippen LogP contribution in [0.3, 0.4) is 0 Å². The lowest BCUT2D eigenvalue weighted by Gasteiger charge is -2.38. The predicted octanol–water partition coefficient (Wildman–Crippen LogP) is 1.91. The standard InChI is InChI=1S/C15H31N3O/c1-8-13-16-12(9-11(2)3)14(19)18(13)10-15(4,5)17(6)7/h11-13,16H,8-10H2,1-7H3. The van der Waals surface area contributed by atoms with Gasteiger partial charge in [0.2, 0.25) is 5.91 Å². The number of carbonyl (C=O) groups excluding carboxylic acids is 1. The summed E-state index contributed by atoms with van der Waals surface area (Å²) in [5.74, 6) is 0.816. The highest BCUT2D eigenvalue weighted by Gasteiger charge is 2.40. The highest BCUT2D eigenvalue weighted by molar-refractivity contribution is 5.84. The summed E-state index contributed by atoms with van der Waals surface area (Å²) in [4.78, 5) is 16.8. The van der Waals surface area contributed by atoms with Gasteiger partial charge >= 0.3 is 0 Å². The van der Waals surface area contributed by atoms with Gasteiger partial charge in [0.1, 0.15) is 0 Å². The van der Waals surface area contributed by atoms with Crippen LogP contribution in [-0.2, 0) is 4.79 Å². The molecule has 0 aromatic rings. The number of nitrogens with zero attached hydrogens (tertiary/aromatic N) is 2. The Bertz CT molecular complexity index is 313. The molecule has 0 bridgehead atoms. The fraction of sp³-hybridized carbons (Fsp3) is 0.933. The number of likely N-dealkylation sites (N-methyl/N-ethyl adjacent to an activating group) is 1. The lowest BCUT2D eigenvalue weighted by Crippen LogP contribution is -2.51.